The molecule has 0 N–H and O–H groups in total. The highest BCUT2D eigenvalue weighted by molar-refractivity contribution is 7.91. The second-order valence-electron chi connectivity index (χ2n) is 5.09. The van der Waals surface area contributed by atoms with E-state index in [1.807, 2.05) is 0 Å². The SMILES string of the molecule is COc1ccc(-c2cnc(-c3ccc(S(=O)(=O)C(F)F)cc3)o2)cc1. The fraction of sp³-hybridized carbons (Fsp3) is 0.118. The van der Waals surface area contributed by atoms with Crippen LogP contribution < -0.4 is 4.74 Å². The van der Waals surface area contributed by atoms with Crippen LogP contribution in [0.25, 0.3) is 22.8 Å². The summed E-state index contributed by atoms with van der Waals surface area (Å²) in [6, 6.07) is 12.1. The molecule has 0 bridgehead atoms. The van der Waals surface area contributed by atoms with E-state index in [1.165, 1.54) is 18.3 Å². The Balaban J connectivity index is 1.87. The number of nitrogens with zero attached hydrogens (tertiary/aromatic N) is 1. The molecule has 1 heterocycles. The number of alkyl halides is 2. The molecule has 0 unspecified atom stereocenters. The van der Waals surface area contributed by atoms with Crippen molar-refractivity contribution in [3.63, 3.8) is 0 Å². The summed E-state index contributed by atoms with van der Waals surface area (Å²) in [5.74, 6) is -1.98. The summed E-state index contributed by atoms with van der Waals surface area (Å²) in [4.78, 5) is 3.69. The number of halogens is 2. The number of ether oxygens (including phenoxy) is 1. The summed E-state index contributed by atoms with van der Waals surface area (Å²) in [5, 5.41) is 0. The van der Waals surface area contributed by atoms with Crippen molar-refractivity contribution in [3.8, 4) is 28.5 Å². The lowest BCUT2D eigenvalue weighted by Crippen LogP contribution is -2.11. The predicted molar refractivity (Wildman–Crippen MR) is 87.1 cm³/mol. The summed E-state index contributed by atoms with van der Waals surface area (Å²) < 4.78 is 58.7. The predicted octanol–water partition coefficient (Wildman–Crippen LogP) is 4.01. The normalized spacial score (nSPS) is 11.7. The first-order chi connectivity index (χ1) is 11.9. The molecule has 0 saturated carbocycles. The molecule has 5 nitrogen and oxygen atoms in total. The maximum Gasteiger partial charge on any atom is 0.341 e. The van der Waals surface area contributed by atoms with E-state index >= 15 is 0 Å². The average molecular weight is 365 g/mol. The van der Waals surface area contributed by atoms with Gasteiger partial charge in [-0.25, -0.2) is 13.4 Å². The molecule has 0 radical (unpaired) electrons. The number of oxazole rings is 1. The highest BCUT2D eigenvalue weighted by Crippen LogP contribution is 2.28. The van der Waals surface area contributed by atoms with E-state index in [2.05, 4.69) is 4.98 Å². The molecule has 0 atom stereocenters. The quantitative estimate of drug-likeness (QED) is 0.683. The lowest BCUT2D eigenvalue weighted by atomic mass is 10.2. The number of rotatable bonds is 5. The summed E-state index contributed by atoms with van der Waals surface area (Å²) in [6.45, 7) is 0. The van der Waals surface area contributed by atoms with Crippen LogP contribution in [0.4, 0.5) is 8.78 Å². The average Bonchev–Trinajstić information content (AvgIpc) is 3.12. The van der Waals surface area contributed by atoms with Crippen LogP contribution in [0.5, 0.6) is 5.75 Å². The summed E-state index contributed by atoms with van der Waals surface area (Å²) in [7, 11) is -3.05. The number of hydrogen-bond acceptors (Lipinski definition) is 5. The molecular weight excluding hydrogens is 352 g/mol. The zero-order chi connectivity index (χ0) is 18.0. The Labute approximate surface area is 142 Å². The second-order valence-corrected chi connectivity index (χ2v) is 7.01. The number of aromatic nitrogens is 1. The zero-order valence-electron chi connectivity index (χ0n) is 13.0. The van der Waals surface area contributed by atoms with Gasteiger partial charge in [-0.15, -0.1) is 0 Å². The van der Waals surface area contributed by atoms with Gasteiger partial charge < -0.3 is 9.15 Å². The largest absolute Gasteiger partial charge is 0.497 e. The van der Waals surface area contributed by atoms with Crippen LogP contribution in [-0.4, -0.2) is 26.3 Å². The maximum atomic E-state index is 12.5. The van der Waals surface area contributed by atoms with E-state index in [4.69, 9.17) is 9.15 Å². The van der Waals surface area contributed by atoms with E-state index in [0.29, 0.717) is 17.1 Å². The van der Waals surface area contributed by atoms with E-state index in [9.17, 15) is 17.2 Å². The number of hydrogen-bond donors (Lipinski definition) is 0. The lowest BCUT2D eigenvalue weighted by molar-refractivity contribution is 0.234. The third-order valence-electron chi connectivity index (χ3n) is 3.54. The second kappa shape index (κ2) is 6.64. The van der Waals surface area contributed by atoms with Crippen molar-refractivity contribution in [2.24, 2.45) is 0 Å². The molecule has 0 amide bonds. The first-order valence-electron chi connectivity index (χ1n) is 7.14. The van der Waals surface area contributed by atoms with Gasteiger partial charge in [0.25, 0.3) is 0 Å². The van der Waals surface area contributed by atoms with Crippen LogP contribution in [0, 0.1) is 0 Å². The molecule has 0 aliphatic heterocycles. The molecule has 0 fully saturated rings. The van der Waals surface area contributed by atoms with Crippen molar-refractivity contribution in [2.75, 3.05) is 7.11 Å². The van der Waals surface area contributed by atoms with Crippen LogP contribution in [0.15, 0.2) is 64.0 Å². The Morgan fingerprint density at radius 1 is 1.00 bits per heavy atom. The fourth-order valence-corrected chi connectivity index (χ4v) is 2.91. The molecular formula is C17H13F2NO4S. The van der Waals surface area contributed by atoms with Gasteiger partial charge in [-0.2, -0.15) is 8.78 Å². The Bertz CT molecular complexity index is 965. The standard InChI is InChI=1S/C17H13F2NO4S/c1-23-13-6-2-11(3-7-13)15-10-20-16(24-15)12-4-8-14(9-5-12)25(21,22)17(18)19/h2-10,17H,1H3. The minimum absolute atomic E-state index is 0.256. The molecule has 2 aromatic carbocycles. The Morgan fingerprint density at radius 2 is 1.60 bits per heavy atom. The minimum atomic E-state index is -4.62. The molecule has 0 saturated heterocycles. The van der Waals surface area contributed by atoms with Gasteiger partial charge in [0, 0.05) is 11.1 Å². The van der Waals surface area contributed by atoms with Crippen molar-refractivity contribution < 1.29 is 26.4 Å². The molecule has 0 spiro atoms. The van der Waals surface area contributed by atoms with Gasteiger partial charge in [0.2, 0.25) is 15.7 Å². The zero-order valence-corrected chi connectivity index (χ0v) is 13.8. The van der Waals surface area contributed by atoms with Crippen LogP contribution in [0.3, 0.4) is 0 Å². The topological polar surface area (TPSA) is 69.4 Å². The van der Waals surface area contributed by atoms with Crippen LogP contribution >= 0.6 is 0 Å². The molecule has 25 heavy (non-hydrogen) atoms. The van der Waals surface area contributed by atoms with Crippen molar-refractivity contribution in [1.82, 2.24) is 4.98 Å². The third kappa shape index (κ3) is 3.39. The fourth-order valence-electron chi connectivity index (χ4n) is 2.19. The Hall–Kier alpha value is -2.74. The Kier molecular flexibility index (Phi) is 4.54. The van der Waals surface area contributed by atoms with Crippen LogP contribution in [0.2, 0.25) is 0 Å². The van der Waals surface area contributed by atoms with Gasteiger partial charge in [0.05, 0.1) is 18.2 Å². The van der Waals surface area contributed by atoms with E-state index in [1.54, 1.807) is 31.4 Å². The van der Waals surface area contributed by atoms with E-state index in [-0.39, 0.29) is 5.89 Å². The smallest absolute Gasteiger partial charge is 0.341 e. The first-order valence-corrected chi connectivity index (χ1v) is 8.69. The molecule has 130 valence electrons. The molecule has 1 aromatic heterocycles. The molecule has 0 aliphatic rings. The molecule has 0 aliphatic carbocycles. The lowest BCUT2D eigenvalue weighted by Gasteiger charge is -2.03. The van der Waals surface area contributed by atoms with Crippen LogP contribution in [-0.2, 0) is 9.84 Å². The van der Waals surface area contributed by atoms with Gasteiger partial charge in [-0.3, -0.25) is 0 Å². The molecule has 3 aromatic rings. The summed E-state index contributed by atoms with van der Waals surface area (Å²) in [6.07, 6.45) is 1.53. The van der Waals surface area contributed by atoms with E-state index in [0.717, 1.165) is 17.7 Å². The summed E-state index contributed by atoms with van der Waals surface area (Å²) >= 11 is 0. The first kappa shape index (κ1) is 17.1. The number of benzene rings is 2. The third-order valence-corrected chi connectivity index (χ3v) is 4.94. The van der Waals surface area contributed by atoms with Gasteiger partial charge in [-0.1, -0.05) is 0 Å². The molecule has 3 rings (SSSR count). The van der Waals surface area contributed by atoms with Crippen molar-refractivity contribution >= 4 is 9.84 Å². The number of methoxy groups -OCH3 is 1. The van der Waals surface area contributed by atoms with Crippen LogP contribution in [0.1, 0.15) is 0 Å². The maximum absolute atomic E-state index is 12.5. The van der Waals surface area contributed by atoms with Gasteiger partial charge in [0.1, 0.15) is 5.75 Å². The van der Waals surface area contributed by atoms with Crippen molar-refractivity contribution in [3.05, 3.63) is 54.7 Å². The van der Waals surface area contributed by atoms with Gasteiger partial charge in [-0.05, 0) is 48.5 Å². The minimum Gasteiger partial charge on any atom is -0.497 e. The number of sulfone groups is 1. The molecule has 8 heteroatoms. The highest BCUT2D eigenvalue weighted by Gasteiger charge is 2.26. The van der Waals surface area contributed by atoms with E-state index < -0.39 is 20.5 Å². The van der Waals surface area contributed by atoms with Gasteiger partial charge in [0.15, 0.2) is 5.76 Å². The van der Waals surface area contributed by atoms with Crippen molar-refractivity contribution in [2.45, 2.75) is 10.7 Å². The van der Waals surface area contributed by atoms with Gasteiger partial charge >= 0.3 is 5.76 Å². The van der Waals surface area contributed by atoms with Crippen molar-refractivity contribution in [1.29, 1.82) is 0 Å². The highest BCUT2D eigenvalue weighted by atomic mass is 32.2. The monoisotopic (exact) mass is 365 g/mol. The Morgan fingerprint density at radius 3 is 2.16 bits per heavy atom. The summed E-state index contributed by atoms with van der Waals surface area (Å²) in [5.41, 5.74) is 1.27.